The Balaban J connectivity index is 0.000000175. The van der Waals surface area contributed by atoms with Gasteiger partial charge in [0.05, 0.1) is 75.7 Å². The molecule has 7 aromatic heterocycles. The fourth-order valence-electron chi connectivity index (χ4n) is 11.7. The number of rotatable bonds is 18. The zero-order chi connectivity index (χ0) is 88.6. The van der Waals surface area contributed by atoms with Gasteiger partial charge in [-0.2, -0.15) is 30.4 Å². The molecule has 6 aromatic carbocycles. The number of nitrogens with two attached hydrogens (primary N) is 3. The van der Waals surface area contributed by atoms with Gasteiger partial charge in [0.25, 0.3) is 17.7 Å². The van der Waals surface area contributed by atoms with Crippen LogP contribution in [0.25, 0.3) is 33.2 Å². The van der Waals surface area contributed by atoms with Crippen LogP contribution in [0, 0.1) is 74.8 Å². The summed E-state index contributed by atoms with van der Waals surface area (Å²) in [6.07, 6.45) is 6.94. The summed E-state index contributed by atoms with van der Waals surface area (Å²) in [5.74, 6) is -7.79. The van der Waals surface area contributed by atoms with Crippen LogP contribution in [0.2, 0.25) is 0 Å². The molecule has 1 aliphatic heterocycles. The summed E-state index contributed by atoms with van der Waals surface area (Å²) in [7, 11) is -0.483. The molecule has 8 heterocycles. The van der Waals surface area contributed by atoms with Gasteiger partial charge in [0.1, 0.15) is 29.8 Å². The average molecular weight is 1790 g/mol. The second kappa shape index (κ2) is 40.0. The minimum Gasteiger partial charge on any atom is -0.399 e. The highest BCUT2D eigenvalue weighted by Gasteiger charge is 2.51. The number of nitrogens with zero attached hydrogens (tertiary/aromatic N) is 12. The van der Waals surface area contributed by atoms with Gasteiger partial charge >= 0.3 is 7.12 Å². The number of nitrogen functional groups attached to an aromatic ring is 2. The van der Waals surface area contributed by atoms with Crippen LogP contribution in [0.1, 0.15) is 187 Å². The first-order valence-corrected chi connectivity index (χ1v) is 38.8. The molecule has 1 fully saturated rings. The second-order valence-corrected chi connectivity index (χ2v) is 30.6. The Labute approximate surface area is 712 Å². The van der Waals surface area contributed by atoms with Crippen molar-refractivity contribution in [3.63, 3.8) is 0 Å². The number of carbonyl (C=O) groups is 3. The number of hydrogen-bond acceptors (Lipinski definition) is 22. The fourth-order valence-corrected chi connectivity index (χ4v) is 12.3. The van der Waals surface area contributed by atoms with Gasteiger partial charge in [-0.15, -0.1) is 0 Å². The van der Waals surface area contributed by atoms with Crippen molar-refractivity contribution < 1.29 is 54.4 Å². The van der Waals surface area contributed by atoms with Gasteiger partial charge in [0, 0.05) is 39.1 Å². The van der Waals surface area contributed by atoms with Gasteiger partial charge in [-0.05, 0) is 196 Å². The molecule has 0 unspecified atom stereocenters. The largest absolute Gasteiger partial charge is 0.494 e. The molecule has 6 atom stereocenters. The predicted molar refractivity (Wildman–Crippen MR) is 452 cm³/mol. The molecular formula is C85H78BBr2F7N22O5. The number of benzene rings is 6. The van der Waals surface area contributed by atoms with E-state index in [1.807, 2.05) is 146 Å². The van der Waals surface area contributed by atoms with E-state index in [0.717, 1.165) is 96.1 Å². The van der Waals surface area contributed by atoms with E-state index in [2.05, 4.69) is 114 Å². The van der Waals surface area contributed by atoms with E-state index < -0.39 is 101 Å². The van der Waals surface area contributed by atoms with Crippen molar-refractivity contribution in [3.05, 3.63) is 294 Å². The Kier molecular flexibility index (Phi) is 29.7. The first kappa shape index (κ1) is 90.7. The van der Waals surface area contributed by atoms with Crippen LogP contribution in [0.3, 0.4) is 0 Å². The number of hydrogen-bond donors (Lipinski definition) is 10. The SMILES string of the molecule is C[C@@H](N)c1ccc(Br)cc1.C[C@H](NC(=O)c1cc(C#N)cnc1F)c1ccc(F)c(F)c1.C[C@H](NC(=O)c1nc(C#N)cnc1N[C@H](C)c1ccc(-c2cnc3n[nH]c(N)c3c2)cc1)c1ccc(F)c(F)c1.C[C@H](NC(=O)c1nc(C#N)cnc1N[C@H](C)c1ccc(B2OC(C)(C)C(C)(C)O2)cc1)c1ccc(F)c(F)c1.Nc1[nH]nc2ncc(Br)cc12. The van der Waals surface area contributed by atoms with Gasteiger partial charge in [0.2, 0.25) is 5.95 Å². The van der Waals surface area contributed by atoms with Crippen LogP contribution in [0.4, 0.5) is 54.0 Å². The summed E-state index contributed by atoms with van der Waals surface area (Å²) in [4.78, 5) is 66.7. The Bertz CT molecular complexity index is 6100. The number of nitrogens with one attached hydrogen (secondary N) is 7. The van der Waals surface area contributed by atoms with Crippen LogP contribution in [0.15, 0.2) is 186 Å². The number of carbonyl (C=O) groups excluding carboxylic acids is 3. The fraction of sp³-hybridized carbons (Fsp3) is 0.212. The van der Waals surface area contributed by atoms with Crippen molar-refractivity contribution in [2.24, 2.45) is 5.73 Å². The maximum absolute atomic E-state index is 13.7. The van der Waals surface area contributed by atoms with E-state index in [-0.39, 0.29) is 58.1 Å². The highest BCUT2D eigenvalue weighted by Crippen LogP contribution is 2.37. The number of anilines is 4. The first-order valence-electron chi connectivity index (χ1n) is 37.3. The van der Waals surface area contributed by atoms with Gasteiger partial charge in [0.15, 0.2) is 80.6 Å². The Morgan fingerprint density at radius 3 is 1.29 bits per heavy atom. The van der Waals surface area contributed by atoms with E-state index in [9.17, 15) is 55.6 Å². The molecule has 0 aliphatic carbocycles. The monoisotopic (exact) mass is 1790 g/mol. The molecule has 3 amide bonds. The summed E-state index contributed by atoms with van der Waals surface area (Å²) in [5.41, 5.74) is 23.5. The smallest absolute Gasteiger partial charge is 0.399 e. The molecule has 1 saturated heterocycles. The van der Waals surface area contributed by atoms with E-state index in [1.54, 1.807) is 32.3 Å². The minimum absolute atomic E-state index is 0.0343. The van der Waals surface area contributed by atoms with Crippen LogP contribution in [0.5, 0.6) is 0 Å². The first-order chi connectivity index (χ1) is 57.9. The molecule has 0 spiro atoms. The number of aromatic amines is 2. The van der Waals surface area contributed by atoms with Crippen molar-refractivity contribution in [1.82, 2.24) is 71.2 Å². The number of nitriles is 3. The third-order valence-electron chi connectivity index (χ3n) is 19.4. The molecule has 37 heteroatoms. The second-order valence-electron chi connectivity index (χ2n) is 28.8. The number of halogens is 9. The number of H-pyrrole nitrogens is 2. The van der Waals surface area contributed by atoms with Crippen LogP contribution >= 0.6 is 31.9 Å². The lowest BCUT2D eigenvalue weighted by Crippen LogP contribution is -2.41. The van der Waals surface area contributed by atoms with Gasteiger partial charge in [-0.3, -0.25) is 24.6 Å². The van der Waals surface area contributed by atoms with Gasteiger partial charge in [-0.25, -0.2) is 61.2 Å². The normalized spacial score (nSPS) is 13.7. The lowest BCUT2D eigenvalue weighted by Gasteiger charge is -2.32. The topological polar surface area (TPSA) is 427 Å². The lowest BCUT2D eigenvalue weighted by molar-refractivity contribution is 0.00578. The van der Waals surface area contributed by atoms with Crippen molar-refractivity contribution >= 4 is 108 Å². The lowest BCUT2D eigenvalue weighted by atomic mass is 9.78. The summed E-state index contributed by atoms with van der Waals surface area (Å²) >= 11 is 6.65. The Morgan fingerprint density at radius 2 is 0.861 bits per heavy atom. The molecule has 1 aliphatic rings. The number of amides is 3. The van der Waals surface area contributed by atoms with Crippen LogP contribution in [-0.2, 0) is 9.31 Å². The molecule has 14 rings (SSSR count). The van der Waals surface area contributed by atoms with E-state index >= 15 is 0 Å². The summed E-state index contributed by atoms with van der Waals surface area (Å²) in [5, 5.41) is 56.4. The molecule has 0 radical (unpaired) electrons. The summed E-state index contributed by atoms with van der Waals surface area (Å²) < 4.78 is 108. The minimum atomic E-state index is -1.04. The van der Waals surface area contributed by atoms with Gasteiger partial charge < -0.3 is 53.1 Å². The number of aromatic nitrogens is 11. The molecule has 27 nitrogen and oxygen atoms in total. The van der Waals surface area contributed by atoms with Crippen LogP contribution in [-0.4, -0.2) is 91.3 Å². The molecule has 13 aromatic rings. The third kappa shape index (κ3) is 22.8. The van der Waals surface area contributed by atoms with E-state index in [0.29, 0.717) is 39.6 Å². The molecule has 0 bridgehead atoms. The maximum atomic E-state index is 13.7. The predicted octanol–water partition coefficient (Wildman–Crippen LogP) is 16.0. The molecule has 13 N–H and O–H groups in total. The third-order valence-corrected chi connectivity index (χ3v) is 20.4. The molecule has 122 heavy (non-hydrogen) atoms. The van der Waals surface area contributed by atoms with Crippen molar-refractivity contribution in [1.29, 1.82) is 15.8 Å². The van der Waals surface area contributed by atoms with Crippen molar-refractivity contribution in [2.75, 3.05) is 22.1 Å². The Hall–Kier alpha value is -13.6. The molecular weight excluding hydrogens is 1710 g/mol. The maximum Gasteiger partial charge on any atom is 0.494 e. The average Bonchev–Trinajstić information content (AvgIpc) is 1.62. The standard InChI is InChI=1S/C28H30BF2N5O3.C28H23F2N9O.C15H10F3N3O.C8H10BrN.C6H5BrN4/c1-16(18-7-10-20(11-8-18)29-38-27(3,4)28(5,6)39-29)34-25-24(36-21(14-32)15-33-25)26(37)35-17(2)19-9-12-22(30)23(31)13-19;1-14(16-3-5-17(6-4-16)19-9-21-25(32)38-39-26(21)33-12-19)35-27-24(37-20(11-31)13-34-27)28(40)36-15(2)18-7-8-22(29)23(30)10-18;1-8(10-2-3-12(16)13(17)5-10)21-15(22)11-4-9(6-19)7-20-14(11)18;1-6(10)7-2-4-8(9)5-3-7;7-3-1-4-5(8)10-11-6(4)9-2-3/h7-13,15-17H,1-6H3,(H,33,34)(H,35,37);3-10,12-15H,1-2H3,(H,34,35)(H,36,40)(H3,32,33,38,39);2-5,7-8H,1H3,(H,21,22);2-6H,10H2,1H3;1-2H,(H3,8,9,10,11)/t16-,17+;14-,15+;8-;6-;/m1101./s1. The van der Waals surface area contributed by atoms with Gasteiger partial charge in [-0.1, -0.05) is 94.8 Å². The summed E-state index contributed by atoms with van der Waals surface area (Å²) in [6.45, 7) is 18.5. The van der Waals surface area contributed by atoms with Crippen molar-refractivity contribution in [2.45, 2.75) is 117 Å². The summed E-state index contributed by atoms with van der Waals surface area (Å²) in [6, 6.07) is 41.4. The van der Waals surface area contributed by atoms with E-state index in [4.69, 9.17) is 31.8 Å². The number of pyridine rings is 3. The molecule has 624 valence electrons. The highest BCUT2D eigenvalue weighted by molar-refractivity contribution is 9.10. The van der Waals surface area contributed by atoms with Crippen LogP contribution < -0.4 is 49.2 Å². The zero-order valence-electron chi connectivity index (χ0n) is 66.8. The number of fused-ring (bicyclic) bond motifs is 2. The van der Waals surface area contributed by atoms with E-state index in [1.165, 1.54) is 43.1 Å². The van der Waals surface area contributed by atoms with Crippen molar-refractivity contribution in [3.8, 4) is 29.3 Å². The highest BCUT2D eigenvalue weighted by atomic mass is 79.9. The molecule has 0 saturated carbocycles. The quantitative estimate of drug-likeness (QED) is 0.0217. The zero-order valence-corrected chi connectivity index (χ0v) is 70.0. The Morgan fingerprint density at radius 1 is 0.451 bits per heavy atom.